The molecule has 0 bridgehead atoms. The standard InChI is InChI=1S/C20H30O6S2/c21-9-3-13-27-11-1-5-15-7-8-17(19(23)24)18(20(25)26)16(15)6-2-12-28-14-4-10-22/h7-8,21-22H,1-6,9-14H2,(H,23,24)(H,25,26). The van der Waals surface area contributed by atoms with Crippen LogP contribution in [0.4, 0.5) is 0 Å². The highest BCUT2D eigenvalue weighted by atomic mass is 32.2. The Morgan fingerprint density at radius 3 is 1.79 bits per heavy atom. The lowest BCUT2D eigenvalue weighted by Crippen LogP contribution is -2.14. The summed E-state index contributed by atoms with van der Waals surface area (Å²) in [5.41, 5.74) is 1.30. The molecule has 0 spiro atoms. The Morgan fingerprint density at radius 2 is 1.29 bits per heavy atom. The van der Waals surface area contributed by atoms with Gasteiger partial charge in [0.1, 0.15) is 0 Å². The van der Waals surface area contributed by atoms with Crippen molar-refractivity contribution in [2.24, 2.45) is 0 Å². The molecule has 0 saturated heterocycles. The molecule has 8 heteroatoms. The molecule has 0 saturated carbocycles. The molecule has 0 heterocycles. The summed E-state index contributed by atoms with van der Waals surface area (Å²) in [5.74, 6) is 1.09. The molecule has 0 amide bonds. The molecule has 28 heavy (non-hydrogen) atoms. The van der Waals surface area contributed by atoms with Crippen LogP contribution in [0.15, 0.2) is 12.1 Å². The Balaban J connectivity index is 2.85. The van der Waals surface area contributed by atoms with E-state index in [1.165, 1.54) is 6.07 Å². The van der Waals surface area contributed by atoms with Crippen LogP contribution < -0.4 is 0 Å². The van der Waals surface area contributed by atoms with E-state index in [2.05, 4.69) is 0 Å². The highest BCUT2D eigenvalue weighted by Gasteiger charge is 2.22. The zero-order valence-electron chi connectivity index (χ0n) is 16.1. The van der Waals surface area contributed by atoms with Crippen LogP contribution in [0.2, 0.25) is 0 Å². The lowest BCUT2D eigenvalue weighted by Gasteiger charge is -2.15. The number of aliphatic hydroxyl groups is 2. The van der Waals surface area contributed by atoms with E-state index < -0.39 is 11.9 Å². The van der Waals surface area contributed by atoms with Gasteiger partial charge in [-0.2, -0.15) is 23.5 Å². The van der Waals surface area contributed by atoms with Crippen molar-refractivity contribution in [3.05, 3.63) is 34.4 Å². The van der Waals surface area contributed by atoms with Gasteiger partial charge in [0.15, 0.2) is 0 Å². The Morgan fingerprint density at radius 1 is 0.750 bits per heavy atom. The summed E-state index contributed by atoms with van der Waals surface area (Å²) < 4.78 is 0. The van der Waals surface area contributed by atoms with E-state index in [0.29, 0.717) is 18.4 Å². The van der Waals surface area contributed by atoms with E-state index in [-0.39, 0.29) is 24.3 Å². The van der Waals surface area contributed by atoms with Crippen LogP contribution in [-0.4, -0.2) is 68.6 Å². The summed E-state index contributed by atoms with van der Waals surface area (Å²) in [6.45, 7) is 0.351. The molecule has 1 rings (SSSR count). The third-order valence-corrected chi connectivity index (χ3v) is 6.51. The number of thioether (sulfide) groups is 2. The summed E-state index contributed by atoms with van der Waals surface area (Å²) in [4.78, 5) is 23.3. The average Bonchev–Trinajstić information content (AvgIpc) is 2.67. The predicted octanol–water partition coefficient (Wildman–Crippen LogP) is 3.18. The number of rotatable bonds is 16. The van der Waals surface area contributed by atoms with Crippen molar-refractivity contribution in [1.82, 2.24) is 0 Å². The van der Waals surface area contributed by atoms with Gasteiger partial charge in [0, 0.05) is 13.2 Å². The van der Waals surface area contributed by atoms with Gasteiger partial charge < -0.3 is 20.4 Å². The van der Waals surface area contributed by atoms with Crippen LogP contribution in [0.1, 0.15) is 57.5 Å². The van der Waals surface area contributed by atoms with Gasteiger partial charge in [0.25, 0.3) is 0 Å². The number of carbonyl (C=O) groups is 2. The van der Waals surface area contributed by atoms with Crippen LogP contribution >= 0.6 is 23.5 Å². The fraction of sp³-hybridized carbons (Fsp3) is 0.600. The Hall–Kier alpha value is -1.22. The van der Waals surface area contributed by atoms with E-state index in [1.807, 2.05) is 0 Å². The summed E-state index contributed by atoms with van der Waals surface area (Å²) in [7, 11) is 0. The van der Waals surface area contributed by atoms with Gasteiger partial charge in [-0.05, 0) is 78.7 Å². The van der Waals surface area contributed by atoms with Gasteiger partial charge in [-0.25, -0.2) is 9.59 Å². The quantitative estimate of drug-likeness (QED) is 0.296. The van der Waals surface area contributed by atoms with E-state index in [1.54, 1.807) is 29.6 Å². The number of aryl methyl sites for hydroxylation is 1. The Labute approximate surface area is 174 Å². The molecular formula is C20H30O6S2. The van der Waals surface area contributed by atoms with Crippen LogP contribution in [0, 0.1) is 0 Å². The van der Waals surface area contributed by atoms with Crippen molar-refractivity contribution >= 4 is 35.5 Å². The minimum Gasteiger partial charge on any atom is -0.478 e. The smallest absolute Gasteiger partial charge is 0.336 e. The van der Waals surface area contributed by atoms with Gasteiger partial charge in [-0.15, -0.1) is 0 Å². The molecule has 4 N–H and O–H groups in total. The summed E-state index contributed by atoms with van der Waals surface area (Å²) in [6, 6.07) is 3.15. The first kappa shape index (κ1) is 24.8. The topological polar surface area (TPSA) is 115 Å². The highest BCUT2D eigenvalue weighted by Crippen LogP contribution is 2.24. The van der Waals surface area contributed by atoms with Crippen molar-refractivity contribution in [3.8, 4) is 0 Å². The van der Waals surface area contributed by atoms with Crippen LogP contribution in [-0.2, 0) is 12.8 Å². The first-order valence-corrected chi connectivity index (χ1v) is 11.8. The second-order valence-electron chi connectivity index (χ2n) is 6.32. The second kappa shape index (κ2) is 14.7. The minimum absolute atomic E-state index is 0.0849. The maximum absolute atomic E-state index is 11.8. The van der Waals surface area contributed by atoms with Crippen molar-refractivity contribution in [2.45, 2.75) is 38.5 Å². The zero-order chi connectivity index (χ0) is 20.8. The normalized spacial score (nSPS) is 10.9. The maximum atomic E-state index is 11.8. The number of carboxylic acids is 2. The SMILES string of the molecule is O=C(O)c1ccc(CCCSCCCO)c(CCCSCCCO)c1C(=O)O. The molecule has 0 aromatic heterocycles. The number of aromatic carboxylic acids is 2. The molecule has 0 atom stereocenters. The molecule has 1 aromatic rings. The minimum atomic E-state index is -1.22. The average molecular weight is 431 g/mol. The monoisotopic (exact) mass is 430 g/mol. The molecule has 0 unspecified atom stereocenters. The number of hydrogen-bond donors (Lipinski definition) is 4. The Kier molecular flexibility index (Phi) is 13.1. The van der Waals surface area contributed by atoms with Gasteiger partial charge >= 0.3 is 11.9 Å². The predicted molar refractivity (Wildman–Crippen MR) is 115 cm³/mol. The molecule has 1 aromatic carbocycles. The zero-order valence-corrected chi connectivity index (χ0v) is 17.7. The highest BCUT2D eigenvalue weighted by molar-refractivity contribution is 7.99. The van der Waals surface area contributed by atoms with E-state index >= 15 is 0 Å². The van der Waals surface area contributed by atoms with Gasteiger partial charge in [-0.1, -0.05) is 6.07 Å². The molecule has 0 aliphatic carbocycles. The lowest BCUT2D eigenvalue weighted by molar-refractivity contribution is 0.0650. The number of benzene rings is 1. The van der Waals surface area contributed by atoms with Crippen LogP contribution in [0.5, 0.6) is 0 Å². The molecular weight excluding hydrogens is 400 g/mol. The molecule has 0 radical (unpaired) electrons. The first-order valence-electron chi connectivity index (χ1n) is 9.51. The number of aliphatic hydroxyl groups excluding tert-OH is 2. The molecule has 6 nitrogen and oxygen atoms in total. The van der Waals surface area contributed by atoms with E-state index in [0.717, 1.165) is 54.3 Å². The van der Waals surface area contributed by atoms with E-state index in [4.69, 9.17) is 10.2 Å². The van der Waals surface area contributed by atoms with Crippen molar-refractivity contribution in [1.29, 1.82) is 0 Å². The van der Waals surface area contributed by atoms with Gasteiger partial charge in [-0.3, -0.25) is 0 Å². The van der Waals surface area contributed by atoms with Gasteiger partial charge in [0.05, 0.1) is 11.1 Å². The summed E-state index contributed by atoms with van der Waals surface area (Å²) in [6.07, 6.45) is 4.37. The maximum Gasteiger partial charge on any atom is 0.336 e. The van der Waals surface area contributed by atoms with Crippen molar-refractivity contribution < 1.29 is 30.0 Å². The third-order valence-electron chi connectivity index (χ3n) is 4.20. The molecule has 158 valence electrons. The molecule has 0 aliphatic rings. The number of carboxylic acid groups (broad SMARTS) is 2. The number of hydrogen-bond acceptors (Lipinski definition) is 6. The fourth-order valence-corrected chi connectivity index (χ4v) is 4.66. The summed E-state index contributed by atoms with van der Waals surface area (Å²) in [5, 5.41) is 36.6. The Bertz CT molecular complexity index is 621. The molecule has 0 fully saturated rings. The third kappa shape index (κ3) is 8.86. The van der Waals surface area contributed by atoms with E-state index in [9.17, 15) is 19.8 Å². The largest absolute Gasteiger partial charge is 0.478 e. The first-order chi connectivity index (χ1) is 13.5. The van der Waals surface area contributed by atoms with Gasteiger partial charge in [0.2, 0.25) is 0 Å². The van der Waals surface area contributed by atoms with Crippen molar-refractivity contribution in [3.63, 3.8) is 0 Å². The summed E-state index contributed by atoms with van der Waals surface area (Å²) >= 11 is 3.47. The van der Waals surface area contributed by atoms with Crippen molar-refractivity contribution in [2.75, 3.05) is 36.2 Å². The second-order valence-corrected chi connectivity index (χ2v) is 8.77. The van der Waals surface area contributed by atoms with Crippen LogP contribution in [0.25, 0.3) is 0 Å². The lowest BCUT2D eigenvalue weighted by atomic mass is 9.91. The molecule has 0 aliphatic heterocycles. The van der Waals surface area contributed by atoms with Crippen LogP contribution in [0.3, 0.4) is 0 Å². The fourth-order valence-electron chi connectivity index (χ4n) is 2.89.